The van der Waals surface area contributed by atoms with Crippen LogP contribution in [0.5, 0.6) is 0 Å². The van der Waals surface area contributed by atoms with Crippen LogP contribution in [-0.2, 0) is 4.74 Å². The molecule has 1 saturated heterocycles. The molecule has 1 saturated carbocycles. The minimum absolute atomic E-state index is 0.293. The maximum atomic E-state index is 10.5. The third kappa shape index (κ3) is 1.45. The van der Waals surface area contributed by atoms with Gasteiger partial charge in [0.2, 0.25) is 0 Å². The first-order valence-corrected chi connectivity index (χ1v) is 5.56. The minimum atomic E-state index is -1.09. The van der Waals surface area contributed by atoms with Gasteiger partial charge in [-0.1, -0.05) is 19.1 Å². The SMILES string of the molecule is C=C(C)[C@@H]1CC[C@@]2(C)CO[C@H](O)[C@@]2(O)C1. The van der Waals surface area contributed by atoms with Gasteiger partial charge in [0.05, 0.1) is 6.61 Å². The first kappa shape index (κ1) is 11.1. The van der Waals surface area contributed by atoms with E-state index in [9.17, 15) is 10.2 Å². The van der Waals surface area contributed by atoms with E-state index in [1.165, 1.54) is 0 Å². The lowest BCUT2D eigenvalue weighted by Crippen LogP contribution is -2.54. The Morgan fingerprint density at radius 2 is 2.20 bits per heavy atom. The molecule has 4 atom stereocenters. The van der Waals surface area contributed by atoms with E-state index in [1.54, 1.807) is 0 Å². The molecule has 0 spiro atoms. The van der Waals surface area contributed by atoms with Gasteiger partial charge in [-0.2, -0.15) is 0 Å². The summed E-state index contributed by atoms with van der Waals surface area (Å²) in [5, 5.41) is 20.3. The van der Waals surface area contributed by atoms with Gasteiger partial charge in [-0.05, 0) is 32.1 Å². The number of hydrogen-bond acceptors (Lipinski definition) is 3. The van der Waals surface area contributed by atoms with Gasteiger partial charge >= 0.3 is 0 Å². The third-order valence-electron chi connectivity index (χ3n) is 4.31. The molecular weight excluding hydrogens is 192 g/mol. The number of fused-ring (bicyclic) bond motifs is 1. The van der Waals surface area contributed by atoms with Crippen molar-refractivity contribution in [2.75, 3.05) is 6.61 Å². The second-order valence-electron chi connectivity index (χ2n) is 5.43. The first-order valence-electron chi connectivity index (χ1n) is 5.56. The Labute approximate surface area is 90.8 Å². The lowest BCUT2D eigenvalue weighted by Gasteiger charge is -2.46. The summed E-state index contributed by atoms with van der Waals surface area (Å²) >= 11 is 0. The van der Waals surface area contributed by atoms with Crippen molar-refractivity contribution in [3.63, 3.8) is 0 Å². The molecule has 1 aliphatic carbocycles. The average Bonchev–Trinajstić information content (AvgIpc) is 2.40. The maximum Gasteiger partial charge on any atom is 0.184 e. The predicted molar refractivity (Wildman–Crippen MR) is 57.2 cm³/mol. The van der Waals surface area contributed by atoms with E-state index >= 15 is 0 Å². The number of aliphatic hydroxyl groups excluding tert-OH is 1. The summed E-state index contributed by atoms with van der Waals surface area (Å²) in [4.78, 5) is 0. The molecule has 1 aliphatic heterocycles. The van der Waals surface area contributed by atoms with Crippen molar-refractivity contribution in [3.05, 3.63) is 12.2 Å². The molecule has 86 valence electrons. The summed E-state index contributed by atoms with van der Waals surface area (Å²) in [6.07, 6.45) is 1.45. The van der Waals surface area contributed by atoms with E-state index in [2.05, 4.69) is 6.58 Å². The van der Waals surface area contributed by atoms with Gasteiger partial charge in [0.15, 0.2) is 6.29 Å². The lowest BCUT2D eigenvalue weighted by molar-refractivity contribution is -0.190. The van der Waals surface area contributed by atoms with Crippen molar-refractivity contribution in [3.8, 4) is 0 Å². The highest BCUT2D eigenvalue weighted by Gasteiger charge is 2.60. The minimum Gasteiger partial charge on any atom is -0.384 e. The fraction of sp³-hybridized carbons (Fsp3) is 0.833. The van der Waals surface area contributed by atoms with Crippen LogP contribution in [0.1, 0.15) is 33.1 Å². The average molecular weight is 212 g/mol. The molecular formula is C12H20O3. The van der Waals surface area contributed by atoms with Gasteiger partial charge in [-0.15, -0.1) is 0 Å². The van der Waals surface area contributed by atoms with Crippen LogP contribution in [0.2, 0.25) is 0 Å². The van der Waals surface area contributed by atoms with E-state index in [0.29, 0.717) is 18.9 Å². The largest absolute Gasteiger partial charge is 0.384 e. The van der Waals surface area contributed by atoms with Crippen LogP contribution >= 0.6 is 0 Å². The highest BCUT2D eigenvalue weighted by molar-refractivity contribution is 5.11. The molecule has 0 bridgehead atoms. The van der Waals surface area contributed by atoms with Gasteiger partial charge in [0.25, 0.3) is 0 Å². The van der Waals surface area contributed by atoms with E-state index < -0.39 is 11.9 Å². The summed E-state index contributed by atoms with van der Waals surface area (Å²) in [5.74, 6) is 0.305. The number of ether oxygens (including phenoxy) is 1. The summed E-state index contributed by atoms with van der Waals surface area (Å²) < 4.78 is 5.21. The zero-order valence-corrected chi connectivity index (χ0v) is 9.49. The number of hydrogen-bond donors (Lipinski definition) is 2. The van der Waals surface area contributed by atoms with Crippen molar-refractivity contribution in [1.29, 1.82) is 0 Å². The van der Waals surface area contributed by atoms with Crippen LogP contribution < -0.4 is 0 Å². The third-order valence-corrected chi connectivity index (χ3v) is 4.31. The van der Waals surface area contributed by atoms with Gasteiger partial charge < -0.3 is 14.9 Å². The number of rotatable bonds is 1. The Balaban J connectivity index is 2.25. The molecule has 1 heterocycles. The molecule has 0 radical (unpaired) electrons. The molecule has 0 unspecified atom stereocenters. The van der Waals surface area contributed by atoms with Gasteiger partial charge in [0.1, 0.15) is 5.60 Å². The fourth-order valence-electron chi connectivity index (χ4n) is 2.85. The van der Waals surface area contributed by atoms with Crippen LogP contribution in [0, 0.1) is 11.3 Å². The molecule has 2 N–H and O–H groups in total. The van der Waals surface area contributed by atoms with E-state index in [1.807, 2.05) is 13.8 Å². The summed E-state index contributed by atoms with van der Waals surface area (Å²) in [7, 11) is 0. The molecule has 15 heavy (non-hydrogen) atoms. The molecule has 0 aromatic carbocycles. The summed E-state index contributed by atoms with van der Waals surface area (Å²) in [6, 6.07) is 0. The Morgan fingerprint density at radius 1 is 1.53 bits per heavy atom. The predicted octanol–water partition coefficient (Wildman–Crippen LogP) is 1.45. The Morgan fingerprint density at radius 3 is 2.80 bits per heavy atom. The van der Waals surface area contributed by atoms with Crippen molar-refractivity contribution in [2.45, 2.75) is 45.0 Å². The molecule has 2 fully saturated rings. The maximum absolute atomic E-state index is 10.5. The highest BCUT2D eigenvalue weighted by Crippen LogP contribution is 2.53. The Hall–Kier alpha value is -0.380. The first-order chi connectivity index (χ1) is 6.89. The second kappa shape index (κ2) is 3.30. The quantitative estimate of drug-likeness (QED) is 0.647. The normalized spacial score (nSPS) is 50.1. The van der Waals surface area contributed by atoms with Crippen LogP contribution in [-0.4, -0.2) is 28.7 Å². The molecule has 2 aliphatic rings. The van der Waals surface area contributed by atoms with E-state index in [4.69, 9.17) is 4.74 Å². The van der Waals surface area contributed by atoms with Crippen molar-refractivity contribution < 1.29 is 14.9 Å². The Bertz CT molecular complexity index is 289. The highest BCUT2D eigenvalue weighted by atomic mass is 16.6. The van der Waals surface area contributed by atoms with Gasteiger partial charge in [-0.3, -0.25) is 0 Å². The van der Waals surface area contributed by atoms with E-state index in [0.717, 1.165) is 18.4 Å². The number of aliphatic hydroxyl groups is 2. The van der Waals surface area contributed by atoms with Crippen LogP contribution in [0.4, 0.5) is 0 Å². The Kier molecular flexibility index (Phi) is 2.45. The van der Waals surface area contributed by atoms with Crippen LogP contribution in [0.25, 0.3) is 0 Å². The second-order valence-corrected chi connectivity index (χ2v) is 5.43. The molecule has 3 nitrogen and oxygen atoms in total. The van der Waals surface area contributed by atoms with Crippen molar-refractivity contribution in [1.82, 2.24) is 0 Å². The monoisotopic (exact) mass is 212 g/mol. The summed E-state index contributed by atoms with van der Waals surface area (Å²) in [6.45, 7) is 8.37. The van der Waals surface area contributed by atoms with Crippen LogP contribution in [0.15, 0.2) is 12.2 Å². The topological polar surface area (TPSA) is 49.7 Å². The molecule has 0 aromatic heterocycles. The fourth-order valence-corrected chi connectivity index (χ4v) is 2.85. The zero-order valence-electron chi connectivity index (χ0n) is 9.49. The zero-order chi connectivity index (χ0) is 11.3. The van der Waals surface area contributed by atoms with E-state index in [-0.39, 0.29) is 5.41 Å². The van der Waals surface area contributed by atoms with Gasteiger partial charge in [0, 0.05) is 5.41 Å². The van der Waals surface area contributed by atoms with Crippen LogP contribution in [0.3, 0.4) is 0 Å². The van der Waals surface area contributed by atoms with Gasteiger partial charge in [-0.25, -0.2) is 0 Å². The smallest absolute Gasteiger partial charge is 0.184 e. The van der Waals surface area contributed by atoms with Crippen molar-refractivity contribution >= 4 is 0 Å². The number of allylic oxidation sites excluding steroid dienone is 1. The lowest BCUT2D eigenvalue weighted by atomic mass is 9.61. The standard InChI is InChI=1S/C12H20O3/c1-8(2)9-4-5-11(3)7-15-10(13)12(11,14)6-9/h9-10,13-14H,1,4-7H2,2-3H3/t9-,10+,11+,12+/m1/s1. The molecule has 0 amide bonds. The molecule has 2 rings (SSSR count). The van der Waals surface area contributed by atoms with Crippen molar-refractivity contribution in [2.24, 2.45) is 11.3 Å². The molecule has 3 heteroatoms. The summed E-state index contributed by atoms with van der Waals surface area (Å²) in [5.41, 5.74) is -0.294. The molecule has 0 aromatic rings.